The zero-order chi connectivity index (χ0) is 49.5. The Bertz CT molecular complexity index is 2770. The summed E-state index contributed by atoms with van der Waals surface area (Å²) in [5, 5.41) is 12.4. The van der Waals surface area contributed by atoms with Crippen LogP contribution < -0.4 is 10.6 Å². The minimum atomic E-state index is -1.64. The molecule has 12 nitrogen and oxygen atoms in total. The Balaban J connectivity index is 1.12. The van der Waals surface area contributed by atoms with Crippen molar-refractivity contribution in [2.75, 3.05) is 15.5 Å². The number of amides is 2. The molecule has 0 aliphatic carbocycles. The fraction of sp³-hybridized carbons (Fsp3) is 0.236. The summed E-state index contributed by atoms with van der Waals surface area (Å²) in [6.45, 7) is 8.20. The maximum atomic E-state index is 14.7. The van der Waals surface area contributed by atoms with Crippen molar-refractivity contribution in [2.45, 2.75) is 68.9 Å². The molecule has 8 rings (SSSR count). The van der Waals surface area contributed by atoms with E-state index in [-0.39, 0.29) is 17.1 Å². The number of anilines is 1. The molecular formula is C55H52IN5O7S2. The molecule has 3 heterocycles. The van der Waals surface area contributed by atoms with Crippen molar-refractivity contribution in [1.29, 1.82) is 0 Å². The lowest BCUT2D eigenvalue weighted by molar-refractivity contribution is -0.179. The zero-order valence-electron chi connectivity index (χ0n) is 39.2. The predicted octanol–water partition coefficient (Wildman–Crippen LogP) is 10.4. The maximum absolute atomic E-state index is 14.7. The second kappa shape index (κ2) is 21.6. The van der Waals surface area contributed by atoms with Crippen molar-refractivity contribution in [1.82, 2.24) is 15.2 Å². The van der Waals surface area contributed by atoms with E-state index in [4.69, 9.17) is 19.3 Å². The number of thiazole rings is 1. The molecule has 2 amide bonds. The van der Waals surface area contributed by atoms with Gasteiger partial charge in [-0.2, -0.15) is 0 Å². The number of oxime groups is 1. The van der Waals surface area contributed by atoms with Gasteiger partial charge in [-0.25, -0.2) is 14.6 Å². The van der Waals surface area contributed by atoms with Gasteiger partial charge in [0, 0.05) is 15.6 Å². The van der Waals surface area contributed by atoms with Gasteiger partial charge in [-0.1, -0.05) is 192 Å². The second-order valence-electron chi connectivity index (χ2n) is 18.0. The summed E-state index contributed by atoms with van der Waals surface area (Å²) in [6.07, 6.45) is 3.01. The number of hydrogen-bond acceptors (Lipinski definition) is 12. The number of aromatic nitrogens is 1. The molecule has 2 N–H and O–H groups in total. The smallest absolute Gasteiger partial charge is 0.356 e. The predicted molar refractivity (Wildman–Crippen MR) is 283 cm³/mol. The van der Waals surface area contributed by atoms with Crippen molar-refractivity contribution in [3.05, 3.63) is 214 Å². The van der Waals surface area contributed by atoms with Gasteiger partial charge >= 0.3 is 11.9 Å². The Labute approximate surface area is 429 Å². The highest BCUT2D eigenvalue weighted by Crippen LogP contribution is 2.43. The number of hydrogen-bond donors (Lipinski definition) is 2. The van der Waals surface area contributed by atoms with Gasteiger partial charge in [0.2, 0.25) is 5.60 Å². The molecule has 5 aromatic carbocycles. The van der Waals surface area contributed by atoms with E-state index >= 15 is 0 Å². The number of fused-ring (bicyclic) bond motifs is 1. The van der Waals surface area contributed by atoms with Crippen LogP contribution in [0.25, 0.3) is 0 Å². The largest absolute Gasteiger partial charge is 0.457 e. The minimum absolute atomic E-state index is 0.113. The third kappa shape index (κ3) is 10.9. The first-order valence-corrected chi connectivity index (χ1v) is 26.1. The molecule has 0 spiro atoms. The molecule has 358 valence electrons. The van der Waals surface area contributed by atoms with Gasteiger partial charge in [-0.3, -0.25) is 14.5 Å². The number of thioether (sulfide) groups is 1. The highest BCUT2D eigenvalue weighted by molar-refractivity contribution is 14.1. The fourth-order valence-corrected chi connectivity index (χ4v) is 10.4. The van der Waals surface area contributed by atoms with Gasteiger partial charge in [0.25, 0.3) is 11.8 Å². The van der Waals surface area contributed by atoms with Crippen LogP contribution in [0.1, 0.15) is 74.2 Å². The van der Waals surface area contributed by atoms with Crippen LogP contribution in [0.2, 0.25) is 0 Å². The first kappa shape index (κ1) is 49.8. The van der Waals surface area contributed by atoms with Crippen LogP contribution in [0.15, 0.2) is 186 Å². The zero-order valence-corrected chi connectivity index (χ0v) is 43.0. The number of nitrogens with zero attached hydrogens (tertiary/aromatic N) is 3. The summed E-state index contributed by atoms with van der Waals surface area (Å²) < 4.78 is 12.6. The van der Waals surface area contributed by atoms with Crippen molar-refractivity contribution in [2.24, 2.45) is 5.16 Å². The molecule has 1 unspecified atom stereocenters. The van der Waals surface area contributed by atoms with E-state index in [1.807, 2.05) is 164 Å². The van der Waals surface area contributed by atoms with Gasteiger partial charge in [0.1, 0.15) is 33.9 Å². The van der Waals surface area contributed by atoms with Crippen molar-refractivity contribution in [3.8, 4) is 0 Å². The van der Waals surface area contributed by atoms with Crippen LogP contribution >= 0.6 is 45.7 Å². The standard InChI is InChI=1S/C55H52IN5O7S2/c1-53(2,3)67-51(65)54(4,5)68-60-43(42-35-70-52(57-42)59-55(39-27-15-8-16-28-39,40-29-17-9-18-30-40)41-31-19-10-20-32-41)47(62)58-44-48(63)61-45(38(26-21-33-56)34-69-49(44)61)50(64)66-46(36-22-11-6-12-23-36)37-24-13-7-14-25-37/h6-32,35,44,46,49H,33-34H2,1-5H3,(H,57,59)(H,58,62)/t44?,49-/m0/s1. The SMILES string of the molecule is CC(C)(C)OC(=O)C(C)(C)ON=C(C(=O)NC1C(=O)N2C(C(=O)OC(c3ccccc3)c3ccccc3)=C(C=CCI)CS[C@@H]12)c1csc(NC(c2ccccc2)(c2ccccc2)c2ccccc2)n1. The van der Waals surface area contributed by atoms with Crippen molar-refractivity contribution >= 4 is 80.3 Å². The Morgan fingerprint density at radius 1 is 0.800 bits per heavy atom. The summed E-state index contributed by atoms with van der Waals surface area (Å²) in [5.41, 5.74) is 1.53. The van der Waals surface area contributed by atoms with Crippen LogP contribution in [0.4, 0.5) is 5.13 Å². The van der Waals surface area contributed by atoms with E-state index in [1.165, 1.54) is 41.8 Å². The highest BCUT2D eigenvalue weighted by atomic mass is 127. The summed E-state index contributed by atoms with van der Waals surface area (Å²) in [6, 6.07) is 47.8. The lowest BCUT2D eigenvalue weighted by Crippen LogP contribution is -2.71. The highest BCUT2D eigenvalue weighted by Gasteiger charge is 2.55. The Hall–Kier alpha value is -6.56. The number of carbonyl (C=O) groups is 4. The van der Waals surface area contributed by atoms with Crippen LogP contribution in [-0.4, -0.2) is 72.1 Å². The van der Waals surface area contributed by atoms with E-state index in [1.54, 1.807) is 26.2 Å². The lowest BCUT2D eigenvalue weighted by Gasteiger charge is -2.49. The van der Waals surface area contributed by atoms with E-state index < -0.39 is 58.0 Å². The van der Waals surface area contributed by atoms with E-state index in [9.17, 15) is 19.2 Å². The molecule has 1 aromatic heterocycles. The normalized spacial score (nSPS) is 16.4. The molecule has 2 aliphatic heterocycles. The molecule has 1 fully saturated rings. The number of carbonyl (C=O) groups excluding carboxylic acids is 4. The average molecular weight is 1090 g/mol. The fourth-order valence-electron chi connectivity index (χ4n) is 8.09. The summed E-state index contributed by atoms with van der Waals surface area (Å²) >= 11 is 4.88. The number of β-lactam (4-membered cyclic amide) rings is 1. The molecule has 0 radical (unpaired) electrons. The number of halogens is 1. The number of benzene rings is 5. The van der Waals surface area contributed by atoms with Crippen LogP contribution in [0.5, 0.6) is 0 Å². The molecule has 2 atom stereocenters. The quantitative estimate of drug-likeness (QED) is 0.0172. The van der Waals surface area contributed by atoms with E-state index in [0.29, 0.717) is 20.9 Å². The number of alkyl halides is 1. The Morgan fingerprint density at radius 3 is 1.81 bits per heavy atom. The maximum Gasteiger partial charge on any atom is 0.356 e. The Kier molecular flexibility index (Phi) is 15.4. The number of esters is 2. The van der Waals surface area contributed by atoms with Gasteiger partial charge in [-0.15, -0.1) is 23.1 Å². The van der Waals surface area contributed by atoms with E-state index in [0.717, 1.165) is 27.8 Å². The number of rotatable bonds is 17. The van der Waals surface area contributed by atoms with Crippen molar-refractivity contribution < 1.29 is 33.5 Å². The van der Waals surface area contributed by atoms with E-state index in [2.05, 4.69) is 38.4 Å². The van der Waals surface area contributed by atoms with Crippen LogP contribution in [0.3, 0.4) is 0 Å². The topological polar surface area (TPSA) is 149 Å². The molecule has 70 heavy (non-hydrogen) atoms. The second-order valence-corrected chi connectivity index (χ2v) is 20.8. The number of allylic oxidation sites excluding steroid dienone is 2. The molecule has 1 saturated heterocycles. The average Bonchev–Trinajstić information content (AvgIpc) is 3.84. The molecule has 2 aliphatic rings. The Morgan fingerprint density at radius 2 is 1.31 bits per heavy atom. The molecule has 6 aromatic rings. The first-order chi connectivity index (χ1) is 33.7. The van der Waals surface area contributed by atoms with Crippen molar-refractivity contribution in [3.63, 3.8) is 0 Å². The molecule has 0 bridgehead atoms. The van der Waals surface area contributed by atoms with Crippen LogP contribution in [-0.2, 0) is 39.0 Å². The number of ether oxygens (including phenoxy) is 2. The van der Waals surface area contributed by atoms with Gasteiger partial charge in [-0.05, 0) is 68.0 Å². The van der Waals surface area contributed by atoms with Crippen LogP contribution in [0, 0.1) is 0 Å². The third-order valence-electron chi connectivity index (χ3n) is 11.4. The lowest BCUT2D eigenvalue weighted by atomic mass is 9.77. The molecule has 15 heteroatoms. The molecule has 0 saturated carbocycles. The summed E-state index contributed by atoms with van der Waals surface area (Å²) in [4.78, 5) is 69.2. The minimum Gasteiger partial charge on any atom is -0.457 e. The van der Waals surface area contributed by atoms with Gasteiger partial charge in [0.05, 0.1) is 0 Å². The first-order valence-electron chi connectivity index (χ1n) is 22.6. The monoisotopic (exact) mass is 1090 g/mol. The number of nitrogens with one attached hydrogen (secondary N) is 2. The van der Waals surface area contributed by atoms with Gasteiger partial charge in [0.15, 0.2) is 16.9 Å². The summed E-state index contributed by atoms with van der Waals surface area (Å²) in [7, 11) is 0. The third-order valence-corrected chi connectivity index (χ3v) is 14.0. The van der Waals surface area contributed by atoms with Gasteiger partial charge < -0.3 is 24.9 Å². The summed E-state index contributed by atoms with van der Waals surface area (Å²) in [5.74, 6) is -2.31. The molecular weight excluding hydrogens is 1030 g/mol.